The number of aromatic nitrogens is 3. The van der Waals surface area contributed by atoms with Crippen LogP contribution in [0.2, 0.25) is 0 Å². The summed E-state index contributed by atoms with van der Waals surface area (Å²) in [5, 5.41) is 7.14. The zero-order valence-corrected chi connectivity index (χ0v) is 16.0. The summed E-state index contributed by atoms with van der Waals surface area (Å²) in [5.41, 5.74) is 3.64. The van der Waals surface area contributed by atoms with Crippen LogP contribution in [0.1, 0.15) is 37.3 Å². The molecule has 1 fully saturated rings. The first-order valence-corrected chi connectivity index (χ1v) is 9.48. The summed E-state index contributed by atoms with van der Waals surface area (Å²) in [6.45, 7) is 5.01. The van der Waals surface area contributed by atoms with Gasteiger partial charge in [0.05, 0.1) is 12.1 Å². The molecule has 28 heavy (non-hydrogen) atoms. The van der Waals surface area contributed by atoms with Crippen molar-refractivity contribution in [2.75, 3.05) is 11.4 Å². The Morgan fingerprint density at radius 3 is 2.82 bits per heavy atom. The highest BCUT2D eigenvalue weighted by atomic mass is 16.2. The van der Waals surface area contributed by atoms with Gasteiger partial charge in [-0.25, -0.2) is 9.50 Å². The minimum atomic E-state index is -0.355. The normalized spacial score (nSPS) is 16.9. The second kappa shape index (κ2) is 7.42. The molecular formula is C21H23N5O2. The molecule has 0 spiro atoms. The van der Waals surface area contributed by atoms with E-state index in [1.807, 2.05) is 30.5 Å². The van der Waals surface area contributed by atoms with Crippen molar-refractivity contribution in [2.45, 2.75) is 32.7 Å². The molecule has 1 aromatic carbocycles. The molecule has 2 aromatic heterocycles. The molecule has 144 valence electrons. The molecule has 1 atom stereocenters. The Bertz CT molecular complexity index is 1010. The lowest BCUT2D eigenvalue weighted by Crippen LogP contribution is -2.32. The number of carbonyl (C=O) groups is 2. The van der Waals surface area contributed by atoms with Gasteiger partial charge in [-0.15, -0.1) is 0 Å². The maximum atomic E-state index is 12.6. The van der Waals surface area contributed by atoms with E-state index < -0.39 is 0 Å². The molecule has 2 amide bonds. The van der Waals surface area contributed by atoms with Crippen LogP contribution in [0, 0.1) is 5.92 Å². The maximum Gasteiger partial charge on any atom is 0.227 e. The lowest BCUT2D eigenvalue weighted by Gasteiger charge is -2.17. The van der Waals surface area contributed by atoms with Crippen molar-refractivity contribution in [3.63, 3.8) is 0 Å². The van der Waals surface area contributed by atoms with Gasteiger partial charge in [0.15, 0.2) is 5.65 Å². The van der Waals surface area contributed by atoms with E-state index in [2.05, 4.69) is 29.2 Å². The van der Waals surface area contributed by atoms with E-state index in [0.29, 0.717) is 19.0 Å². The second-order valence-corrected chi connectivity index (χ2v) is 7.43. The Morgan fingerprint density at radius 1 is 1.29 bits per heavy atom. The Morgan fingerprint density at radius 2 is 2.07 bits per heavy atom. The molecular weight excluding hydrogens is 354 g/mol. The average molecular weight is 377 g/mol. The van der Waals surface area contributed by atoms with E-state index in [9.17, 15) is 9.59 Å². The van der Waals surface area contributed by atoms with E-state index in [0.717, 1.165) is 16.9 Å². The van der Waals surface area contributed by atoms with Crippen molar-refractivity contribution in [1.82, 2.24) is 19.9 Å². The van der Waals surface area contributed by atoms with Crippen LogP contribution < -0.4 is 10.2 Å². The monoisotopic (exact) mass is 377 g/mol. The summed E-state index contributed by atoms with van der Waals surface area (Å²) in [6, 6.07) is 9.79. The van der Waals surface area contributed by atoms with E-state index in [1.54, 1.807) is 27.9 Å². The van der Waals surface area contributed by atoms with E-state index >= 15 is 0 Å². The number of nitrogens with one attached hydrogen (secondary N) is 1. The fourth-order valence-corrected chi connectivity index (χ4v) is 3.50. The first-order valence-electron chi connectivity index (χ1n) is 9.48. The Hall–Kier alpha value is -3.22. The van der Waals surface area contributed by atoms with Gasteiger partial charge in [0.2, 0.25) is 11.8 Å². The minimum absolute atomic E-state index is 0.0184. The molecule has 0 aliphatic carbocycles. The summed E-state index contributed by atoms with van der Waals surface area (Å²) in [7, 11) is 0. The zero-order valence-electron chi connectivity index (χ0n) is 16.0. The van der Waals surface area contributed by atoms with Gasteiger partial charge in [-0.05, 0) is 29.7 Å². The number of hydrogen-bond acceptors (Lipinski definition) is 4. The molecule has 0 unspecified atom stereocenters. The number of nitrogens with zero attached hydrogens (tertiary/aromatic N) is 4. The van der Waals surface area contributed by atoms with Crippen molar-refractivity contribution in [3.8, 4) is 0 Å². The topological polar surface area (TPSA) is 79.6 Å². The quantitative estimate of drug-likeness (QED) is 0.741. The van der Waals surface area contributed by atoms with Gasteiger partial charge in [0.1, 0.15) is 0 Å². The fraction of sp³-hybridized carbons (Fsp3) is 0.333. The maximum absolute atomic E-state index is 12.6. The third kappa shape index (κ3) is 3.47. The molecule has 0 radical (unpaired) electrons. The molecule has 1 aliphatic rings. The average Bonchev–Trinajstić information content (AvgIpc) is 3.30. The summed E-state index contributed by atoms with van der Waals surface area (Å²) in [4.78, 5) is 31.0. The standard InChI is InChI=1S/C21H23N5O2/c1-14(2)15-4-6-18(7-5-15)25-13-16(10-19(25)27)21(28)23-11-17-12-24-26-9-3-8-22-20(17)26/h3-9,12,14,16H,10-11,13H2,1-2H3,(H,23,28)/t16-/m0/s1. The van der Waals surface area contributed by atoms with Crippen LogP contribution >= 0.6 is 0 Å². The van der Waals surface area contributed by atoms with Gasteiger partial charge >= 0.3 is 0 Å². The van der Waals surface area contributed by atoms with E-state index in [1.165, 1.54) is 5.56 Å². The molecule has 7 heteroatoms. The Kier molecular flexibility index (Phi) is 4.81. The number of anilines is 1. The molecule has 3 heterocycles. The number of benzene rings is 1. The minimum Gasteiger partial charge on any atom is -0.352 e. The lowest BCUT2D eigenvalue weighted by molar-refractivity contribution is -0.126. The van der Waals surface area contributed by atoms with Gasteiger partial charge in [0, 0.05) is 43.2 Å². The highest BCUT2D eigenvalue weighted by molar-refractivity contribution is 6.00. The number of hydrogen-bond donors (Lipinski definition) is 1. The summed E-state index contributed by atoms with van der Waals surface area (Å²) in [6.07, 6.45) is 5.43. The van der Waals surface area contributed by atoms with Gasteiger partial charge < -0.3 is 10.2 Å². The first kappa shape index (κ1) is 18.2. The SMILES string of the molecule is CC(C)c1ccc(N2C[C@@H](C(=O)NCc3cnn4cccnc34)CC2=O)cc1. The van der Waals surface area contributed by atoms with Crippen molar-refractivity contribution in [1.29, 1.82) is 0 Å². The summed E-state index contributed by atoms with van der Waals surface area (Å²) >= 11 is 0. The Balaban J connectivity index is 1.39. The van der Waals surface area contributed by atoms with Crippen LogP contribution in [0.4, 0.5) is 5.69 Å². The van der Waals surface area contributed by atoms with Crippen LogP contribution in [0.15, 0.2) is 48.9 Å². The Labute approximate surface area is 163 Å². The van der Waals surface area contributed by atoms with Crippen LogP contribution in [-0.2, 0) is 16.1 Å². The van der Waals surface area contributed by atoms with Gasteiger partial charge in [-0.2, -0.15) is 5.10 Å². The molecule has 3 aromatic rings. The lowest BCUT2D eigenvalue weighted by atomic mass is 10.0. The predicted molar refractivity (Wildman–Crippen MR) is 106 cm³/mol. The van der Waals surface area contributed by atoms with E-state index in [-0.39, 0.29) is 24.2 Å². The van der Waals surface area contributed by atoms with Crippen molar-refractivity contribution < 1.29 is 9.59 Å². The van der Waals surface area contributed by atoms with E-state index in [4.69, 9.17) is 0 Å². The number of fused-ring (bicyclic) bond motifs is 1. The highest BCUT2D eigenvalue weighted by Gasteiger charge is 2.35. The molecule has 1 aliphatic heterocycles. The van der Waals surface area contributed by atoms with Gasteiger partial charge in [-0.1, -0.05) is 26.0 Å². The fourth-order valence-electron chi connectivity index (χ4n) is 3.50. The first-order chi connectivity index (χ1) is 13.5. The molecule has 1 N–H and O–H groups in total. The summed E-state index contributed by atoms with van der Waals surface area (Å²) in [5.74, 6) is -0.0524. The van der Waals surface area contributed by atoms with Crippen molar-refractivity contribution in [3.05, 3.63) is 60.0 Å². The second-order valence-electron chi connectivity index (χ2n) is 7.43. The van der Waals surface area contributed by atoms with Crippen LogP contribution in [-0.4, -0.2) is 33.0 Å². The molecule has 1 saturated heterocycles. The highest BCUT2D eigenvalue weighted by Crippen LogP contribution is 2.27. The number of amides is 2. The van der Waals surface area contributed by atoms with Crippen molar-refractivity contribution >= 4 is 23.1 Å². The number of rotatable bonds is 5. The van der Waals surface area contributed by atoms with Gasteiger partial charge in [-0.3, -0.25) is 9.59 Å². The summed E-state index contributed by atoms with van der Waals surface area (Å²) < 4.78 is 1.67. The van der Waals surface area contributed by atoms with Crippen LogP contribution in [0.25, 0.3) is 5.65 Å². The van der Waals surface area contributed by atoms with Crippen LogP contribution in [0.5, 0.6) is 0 Å². The van der Waals surface area contributed by atoms with Gasteiger partial charge in [0.25, 0.3) is 0 Å². The molecule has 0 bridgehead atoms. The van der Waals surface area contributed by atoms with Crippen LogP contribution in [0.3, 0.4) is 0 Å². The van der Waals surface area contributed by atoms with Crippen molar-refractivity contribution in [2.24, 2.45) is 5.92 Å². The smallest absolute Gasteiger partial charge is 0.227 e. The molecule has 0 saturated carbocycles. The molecule has 4 rings (SSSR count). The number of carbonyl (C=O) groups excluding carboxylic acids is 2. The third-order valence-corrected chi connectivity index (χ3v) is 5.17. The third-order valence-electron chi connectivity index (χ3n) is 5.17. The zero-order chi connectivity index (χ0) is 19.7. The largest absolute Gasteiger partial charge is 0.352 e. The predicted octanol–water partition coefficient (Wildman–Crippen LogP) is 2.52. The molecule has 7 nitrogen and oxygen atoms in total.